The monoisotopic (exact) mass is 354 g/mol. The van der Waals surface area contributed by atoms with E-state index in [2.05, 4.69) is 9.72 Å². The van der Waals surface area contributed by atoms with E-state index >= 15 is 0 Å². The molecule has 3 nitrogen and oxygen atoms in total. The summed E-state index contributed by atoms with van der Waals surface area (Å²) in [6, 6.07) is 0. The van der Waals surface area contributed by atoms with Crippen LogP contribution in [0.4, 0.5) is 27.8 Å². The SMILES string of the molecule is Nc1ncc(I)c(C(F)F)c1OC(F)(F)F. The number of nitrogens with two attached hydrogens (primary N) is 1. The topological polar surface area (TPSA) is 48.1 Å². The van der Waals surface area contributed by atoms with Crippen LogP contribution in [0.1, 0.15) is 12.0 Å². The van der Waals surface area contributed by atoms with Crippen molar-refractivity contribution in [2.75, 3.05) is 5.73 Å². The van der Waals surface area contributed by atoms with E-state index in [1.165, 1.54) is 22.6 Å². The maximum atomic E-state index is 12.5. The van der Waals surface area contributed by atoms with E-state index in [0.29, 0.717) is 0 Å². The average molecular weight is 354 g/mol. The highest BCUT2D eigenvalue weighted by molar-refractivity contribution is 14.1. The molecule has 0 saturated carbocycles. The van der Waals surface area contributed by atoms with Crippen LogP contribution in [-0.4, -0.2) is 11.3 Å². The van der Waals surface area contributed by atoms with Crippen LogP contribution in [0.5, 0.6) is 5.75 Å². The van der Waals surface area contributed by atoms with Crippen LogP contribution in [0.2, 0.25) is 0 Å². The quantitative estimate of drug-likeness (QED) is 0.656. The number of nitrogen functional groups attached to an aromatic ring is 1. The van der Waals surface area contributed by atoms with E-state index in [1.54, 1.807) is 0 Å². The molecule has 1 aromatic rings. The van der Waals surface area contributed by atoms with Crippen LogP contribution in [-0.2, 0) is 0 Å². The highest BCUT2D eigenvalue weighted by Gasteiger charge is 2.35. The zero-order valence-corrected chi connectivity index (χ0v) is 9.51. The number of aromatic nitrogens is 1. The van der Waals surface area contributed by atoms with Crippen LogP contribution in [0.15, 0.2) is 6.20 Å². The Kier molecular flexibility index (Phi) is 3.76. The van der Waals surface area contributed by atoms with E-state index in [-0.39, 0.29) is 3.57 Å². The second kappa shape index (κ2) is 4.55. The molecule has 16 heavy (non-hydrogen) atoms. The van der Waals surface area contributed by atoms with Crippen LogP contribution in [0.3, 0.4) is 0 Å². The highest BCUT2D eigenvalue weighted by Crippen LogP contribution is 2.38. The molecule has 0 aliphatic carbocycles. The second-order valence-electron chi connectivity index (χ2n) is 2.58. The van der Waals surface area contributed by atoms with Gasteiger partial charge in [-0.3, -0.25) is 0 Å². The fourth-order valence-electron chi connectivity index (χ4n) is 0.927. The third-order valence-corrected chi connectivity index (χ3v) is 2.35. The number of anilines is 1. The first-order valence-electron chi connectivity index (χ1n) is 3.70. The molecule has 2 N–H and O–H groups in total. The van der Waals surface area contributed by atoms with Crippen molar-refractivity contribution in [3.63, 3.8) is 0 Å². The number of hydrogen-bond donors (Lipinski definition) is 1. The Bertz CT molecular complexity index is 395. The van der Waals surface area contributed by atoms with Crippen LogP contribution >= 0.6 is 22.6 Å². The predicted molar refractivity (Wildman–Crippen MR) is 53.0 cm³/mol. The Labute approximate surface area is 99.9 Å². The van der Waals surface area contributed by atoms with Gasteiger partial charge in [-0.25, -0.2) is 13.8 Å². The predicted octanol–water partition coefficient (Wildman–Crippen LogP) is 3.10. The summed E-state index contributed by atoms with van der Waals surface area (Å²) >= 11 is 1.42. The molecule has 0 radical (unpaired) electrons. The molecule has 0 saturated heterocycles. The number of ether oxygens (including phenoxy) is 1. The molecular formula is C7H4F5IN2O. The van der Waals surface area contributed by atoms with E-state index in [9.17, 15) is 22.0 Å². The fraction of sp³-hybridized carbons (Fsp3) is 0.286. The van der Waals surface area contributed by atoms with Crippen LogP contribution in [0.25, 0.3) is 0 Å². The van der Waals surface area contributed by atoms with Gasteiger partial charge in [-0.2, -0.15) is 0 Å². The zero-order chi connectivity index (χ0) is 12.5. The Morgan fingerprint density at radius 1 is 1.38 bits per heavy atom. The number of rotatable bonds is 2. The molecule has 0 amide bonds. The summed E-state index contributed by atoms with van der Waals surface area (Å²) in [5.41, 5.74) is 4.15. The van der Waals surface area contributed by atoms with Gasteiger partial charge in [-0.1, -0.05) is 0 Å². The summed E-state index contributed by atoms with van der Waals surface area (Å²) in [5, 5.41) is 0. The molecule has 1 aromatic heterocycles. The van der Waals surface area contributed by atoms with Gasteiger partial charge in [0.1, 0.15) is 0 Å². The summed E-state index contributed by atoms with van der Waals surface area (Å²) in [7, 11) is 0. The van der Waals surface area contributed by atoms with Gasteiger partial charge in [0.15, 0.2) is 11.6 Å². The van der Waals surface area contributed by atoms with Crippen molar-refractivity contribution >= 4 is 28.4 Å². The lowest BCUT2D eigenvalue weighted by Gasteiger charge is -2.15. The van der Waals surface area contributed by atoms with E-state index in [0.717, 1.165) is 6.20 Å². The summed E-state index contributed by atoms with van der Waals surface area (Å²) in [6.07, 6.45) is -7.28. The normalized spacial score (nSPS) is 11.9. The molecule has 0 unspecified atom stereocenters. The number of pyridine rings is 1. The fourth-order valence-corrected chi connectivity index (χ4v) is 1.55. The van der Waals surface area contributed by atoms with Gasteiger partial charge in [0.25, 0.3) is 6.43 Å². The molecular weight excluding hydrogens is 350 g/mol. The standard InChI is InChI=1S/C7H4F5IN2O/c8-5(9)3-2(13)1-15-6(14)4(3)16-7(10,11)12/h1,5H,(H2,14,15). The van der Waals surface area contributed by atoms with E-state index in [1.807, 2.05) is 0 Å². The van der Waals surface area contributed by atoms with Crippen molar-refractivity contribution in [3.8, 4) is 5.75 Å². The summed E-state index contributed by atoms with van der Waals surface area (Å²) in [4.78, 5) is 3.32. The van der Waals surface area contributed by atoms with Gasteiger partial charge < -0.3 is 10.5 Å². The van der Waals surface area contributed by atoms with Crippen molar-refractivity contribution in [3.05, 3.63) is 15.3 Å². The van der Waals surface area contributed by atoms with Gasteiger partial charge >= 0.3 is 6.36 Å². The van der Waals surface area contributed by atoms with Gasteiger partial charge in [0.05, 0.1) is 5.56 Å². The minimum atomic E-state index is -5.09. The second-order valence-corrected chi connectivity index (χ2v) is 3.74. The smallest absolute Gasteiger partial charge is 0.401 e. The van der Waals surface area contributed by atoms with Crippen LogP contribution < -0.4 is 10.5 Å². The third kappa shape index (κ3) is 3.06. The van der Waals surface area contributed by atoms with Crippen molar-refractivity contribution < 1.29 is 26.7 Å². The van der Waals surface area contributed by atoms with Crippen molar-refractivity contribution in [1.29, 1.82) is 0 Å². The maximum Gasteiger partial charge on any atom is 0.573 e. The molecule has 1 heterocycles. The van der Waals surface area contributed by atoms with Gasteiger partial charge in [0.2, 0.25) is 0 Å². The molecule has 1 rings (SSSR count). The summed E-state index contributed by atoms with van der Waals surface area (Å²) in [6.45, 7) is 0. The third-order valence-electron chi connectivity index (χ3n) is 1.49. The zero-order valence-electron chi connectivity index (χ0n) is 7.36. The Morgan fingerprint density at radius 3 is 2.38 bits per heavy atom. The molecule has 0 aromatic carbocycles. The first kappa shape index (κ1) is 13.2. The summed E-state index contributed by atoms with van der Waals surface area (Å²) in [5.74, 6) is -1.87. The van der Waals surface area contributed by atoms with Crippen molar-refractivity contribution in [2.45, 2.75) is 12.8 Å². The Morgan fingerprint density at radius 2 is 1.94 bits per heavy atom. The lowest BCUT2D eigenvalue weighted by Crippen LogP contribution is -2.20. The molecule has 0 bridgehead atoms. The highest BCUT2D eigenvalue weighted by atomic mass is 127. The molecule has 9 heteroatoms. The lowest BCUT2D eigenvalue weighted by atomic mass is 10.2. The molecule has 0 fully saturated rings. The van der Waals surface area contributed by atoms with Crippen molar-refractivity contribution in [2.24, 2.45) is 0 Å². The van der Waals surface area contributed by atoms with Crippen LogP contribution in [0, 0.1) is 3.57 Å². The molecule has 0 aliphatic heterocycles. The number of hydrogen-bond acceptors (Lipinski definition) is 3. The minimum absolute atomic E-state index is 0.152. The van der Waals surface area contributed by atoms with E-state index < -0.39 is 29.9 Å². The van der Waals surface area contributed by atoms with Crippen molar-refractivity contribution in [1.82, 2.24) is 4.98 Å². The summed E-state index contributed by atoms with van der Waals surface area (Å²) < 4.78 is 64.1. The number of nitrogens with zero attached hydrogens (tertiary/aromatic N) is 1. The maximum absolute atomic E-state index is 12.5. The molecule has 0 spiro atoms. The minimum Gasteiger partial charge on any atom is -0.401 e. The first-order chi connectivity index (χ1) is 7.22. The number of alkyl halides is 5. The van der Waals surface area contributed by atoms with Gasteiger partial charge in [-0.05, 0) is 22.6 Å². The first-order valence-corrected chi connectivity index (χ1v) is 4.78. The lowest BCUT2D eigenvalue weighted by molar-refractivity contribution is -0.275. The van der Waals surface area contributed by atoms with E-state index in [4.69, 9.17) is 5.73 Å². The largest absolute Gasteiger partial charge is 0.573 e. The molecule has 90 valence electrons. The average Bonchev–Trinajstić information content (AvgIpc) is 2.08. The van der Waals surface area contributed by atoms with Gasteiger partial charge in [0, 0.05) is 9.77 Å². The molecule has 0 atom stereocenters. The molecule has 0 aliphatic rings. The Hall–Kier alpha value is -0.870. The van der Waals surface area contributed by atoms with Gasteiger partial charge in [-0.15, -0.1) is 13.2 Å². The number of halogens is 6. The Balaban J connectivity index is 3.29.